The van der Waals surface area contributed by atoms with E-state index in [4.69, 9.17) is 0 Å². The van der Waals surface area contributed by atoms with E-state index < -0.39 is 0 Å². The zero-order valence-electron chi connectivity index (χ0n) is 11.8. The average molecular weight is 282 g/mol. The van der Waals surface area contributed by atoms with Crippen LogP contribution in [0.25, 0.3) is 10.9 Å². The Balaban J connectivity index is 1.98. The zero-order chi connectivity index (χ0) is 13.9. The molecule has 2 aromatic heterocycles. The first-order valence-electron chi connectivity index (χ1n) is 6.83. The van der Waals surface area contributed by atoms with E-state index in [0.717, 1.165) is 11.9 Å². The van der Waals surface area contributed by atoms with Gasteiger partial charge in [-0.1, -0.05) is 18.2 Å². The summed E-state index contributed by atoms with van der Waals surface area (Å²) in [4.78, 5) is 5.86. The Kier molecular flexibility index (Phi) is 3.81. The Morgan fingerprint density at radius 3 is 2.80 bits per heavy atom. The molecular formula is C17H18N2S. The van der Waals surface area contributed by atoms with E-state index in [1.165, 1.54) is 21.4 Å². The van der Waals surface area contributed by atoms with Crippen molar-refractivity contribution in [2.75, 3.05) is 7.05 Å². The third-order valence-corrected chi connectivity index (χ3v) is 4.86. The van der Waals surface area contributed by atoms with Crippen molar-refractivity contribution < 1.29 is 0 Å². The minimum absolute atomic E-state index is 0.362. The molecule has 0 saturated heterocycles. The highest BCUT2D eigenvalue weighted by molar-refractivity contribution is 7.10. The summed E-state index contributed by atoms with van der Waals surface area (Å²) in [6, 6.07) is 13.0. The van der Waals surface area contributed by atoms with Gasteiger partial charge in [0.05, 0.1) is 5.52 Å². The van der Waals surface area contributed by atoms with Gasteiger partial charge in [-0.2, -0.15) is 0 Å². The van der Waals surface area contributed by atoms with Crippen LogP contribution >= 0.6 is 11.3 Å². The van der Waals surface area contributed by atoms with Crippen LogP contribution < -0.4 is 5.32 Å². The Morgan fingerprint density at radius 2 is 2.05 bits per heavy atom. The number of pyridine rings is 1. The number of fused-ring (bicyclic) bond motifs is 1. The number of aromatic nitrogens is 1. The van der Waals surface area contributed by atoms with Crippen LogP contribution in [-0.2, 0) is 6.42 Å². The van der Waals surface area contributed by atoms with Crippen molar-refractivity contribution in [1.82, 2.24) is 10.3 Å². The number of likely N-dealkylation sites (N-methyl/N-ethyl adjacent to an activating group) is 1. The molecule has 1 aromatic carbocycles. The highest BCUT2D eigenvalue weighted by Gasteiger charge is 2.15. The Bertz CT molecular complexity index is 712. The van der Waals surface area contributed by atoms with Crippen LogP contribution in [0.4, 0.5) is 0 Å². The molecule has 0 aliphatic carbocycles. The number of thiophene rings is 1. The van der Waals surface area contributed by atoms with E-state index in [0.29, 0.717) is 6.04 Å². The topological polar surface area (TPSA) is 24.9 Å². The maximum Gasteiger partial charge on any atom is 0.0704 e. The largest absolute Gasteiger partial charge is 0.312 e. The zero-order valence-corrected chi connectivity index (χ0v) is 12.6. The van der Waals surface area contributed by atoms with Gasteiger partial charge in [0, 0.05) is 22.5 Å². The lowest BCUT2D eigenvalue weighted by Crippen LogP contribution is -2.18. The monoisotopic (exact) mass is 282 g/mol. The second kappa shape index (κ2) is 5.73. The van der Waals surface area contributed by atoms with Gasteiger partial charge in [0.1, 0.15) is 0 Å². The molecule has 0 amide bonds. The molecular weight excluding hydrogens is 264 g/mol. The number of nitrogens with one attached hydrogen (secondary N) is 1. The van der Waals surface area contributed by atoms with Crippen LogP contribution in [0.2, 0.25) is 0 Å². The van der Waals surface area contributed by atoms with Gasteiger partial charge in [-0.25, -0.2) is 0 Å². The second-order valence-corrected chi connectivity index (χ2v) is 5.95. The van der Waals surface area contributed by atoms with Crippen molar-refractivity contribution in [3.05, 3.63) is 64.0 Å². The summed E-state index contributed by atoms with van der Waals surface area (Å²) in [5.41, 5.74) is 3.79. The van der Waals surface area contributed by atoms with Gasteiger partial charge in [0.15, 0.2) is 0 Å². The first kappa shape index (κ1) is 13.3. The summed E-state index contributed by atoms with van der Waals surface area (Å²) >= 11 is 1.83. The van der Waals surface area contributed by atoms with Gasteiger partial charge in [0.25, 0.3) is 0 Å². The smallest absolute Gasteiger partial charge is 0.0704 e. The van der Waals surface area contributed by atoms with Crippen molar-refractivity contribution in [3.63, 3.8) is 0 Å². The van der Waals surface area contributed by atoms with Crippen molar-refractivity contribution in [2.24, 2.45) is 0 Å². The number of benzene rings is 1. The summed E-state index contributed by atoms with van der Waals surface area (Å²) in [7, 11) is 2.03. The van der Waals surface area contributed by atoms with Crippen LogP contribution in [0.5, 0.6) is 0 Å². The SMILES string of the molecule is CNC(Cc1ccnc2ccccc12)c1sccc1C. The van der Waals surface area contributed by atoms with Crippen LogP contribution in [0.15, 0.2) is 48.0 Å². The number of rotatable bonds is 4. The van der Waals surface area contributed by atoms with Gasteiger partial charge >= 0.3 is 0 Å². The highest BCUT2D eigenvalue weighted by atomic mass is 32.1. The first-order valence-corrected chi connectivity index (χ1v) is 7.71. The molecule has 0 radical (unpaired) electrons. The fraction of sp³-hybridized carbons (Fsp3) is 0.235. The number of para-hydroxylation sites is 1. The molecule has 3 rings (SSSR count). The minimum Gasteiger partial charge on any atom is -0.312 e. The van der Waals surface area contributed by atoms with Crippen LogP contribution in [0.1, 0.15) is 22.0 Å². The average Bonchev–Trinajstić information content (AvgIpc) is 2.91. The fourth-order valence-electron chi connectivity index (χ4n) is 2.62. The summed E-state index contributed by atoms with van der Waals surface area (Å²) < 4.78 is 0. The maximum absolute atomic E-state index is 4.44. The van der Waals surface area contributed by atoms with E-state index in [1.807, 2.05) is 30.6 Å². The maximum atomic E-state index is 4.44. The number of hydrogen-bond acceptors (Lipinski definition) is 3. The van der Waals surface area contributed by atoms with E-state index in [-0.39, 0.29) is 0 Å². The van der Waals surface area contributed by atoms with Gasteiger partial charge in [0.2, 0.25) is 0 Å². The van der Waals surface area contributed by atoms with Gasteiger partial charge in [-0.3, -0.25) is 4.98 Å². The molecule has 102 valence electrons. The predicted molar refractivity (Wildman–Crippen MR) is 86.3 cm³/mol. The standard InChI is InChI=1S/C17H18N2S/c1-12-8-10-20-17(12)16(18-2)11-13-7-9-19-15-6-4-3-5-14(13)15/h3-10,16,18H,11H2,1-2H3. The molecule has 20 heavy (non-hydrogen) atoms. The number of hydrogen-bond donors (Lipinski definition) is 1. The normalized spacial score (nSPS) is 12.7. The third-order valence-electron chi connectivity index (χ3n) is 3.73. The summed E-state index contributed by atoms with van der Waals surface area (Å²) in [6.45, 7) is 2.18. The van der Waals surface area contributed by atoms with Crippen LogP contribution in [0, 0.1) is 6.92 Å². The molecule has 0 aliphatic rings. The van der Waals surface area contributed by atoms with Crippen molar-refractivity contribution >= 4 is 22.2 Å². The number of aryl methyl sites for hydroxylation is 1. The molecule has 0 bridgehead atoms. The molecule has 2 nitrogen and oxygen atoms in total. The van der Waals surface area contributed by atoms with E-state index in [9.17, 15) is 0 Å². The predicted octanol–water partition coefficient (Wildman–Crippen LogP) is 4.11. The van der Waals surface area contributed by atoms with E-state index >= 15 is 0 Å². The fourth-order valence-corrected chi connectivity index (χ4v) is 3.66. The lowest BCUT2D eigenvalue weighted by Gasteiger charge is -2.17. The molecule has 0 aliphatic heterocycles. The third kappa shape index (κ3) is 2.47. The molecule has 1 unspecified atom stereocenters. The van der Waals surface area contributed by atoms with Crippen LogP contribution in [0.3, 0.4) is 0 Å². The molecule has 0 spiro atoms. The lowest BCUT2D eigenvalue weighted by molar-refractivity contribution is 0.601. The lowest BCUT2D eigenvalue weighted by atomic mass is 10.00. The highest BCUT2D eigenvalue weighted by Crippen LogP contribution is 2.28. The summed E-state index contributed by atoms with van der Waals surface area (Å²) in [5, 5.41) is 6.87. The summed E-state index contributed by atoms with van der Waals surface area (Å²) in [5.74, 6) is 0. The van der Waals surface area contributed by atoms with Crippen molar-refractivity contribution in [1.29, 1.82) is 0 Å². The Morgan fingerprint density at radius 1 is 1.20 bits per heavy atom. The van der Waals surface area contributed by atoms with E-state index in [2.05, 4.69) is 52.9 Å². The number of nitrogens with zero attached hydrogens (tertiary/aromatic N) is 1. The summed E-state index contributed by atoms with van der Waals surface area (Å²) in [6.07, 6.45) is 2.90. The molecule has 1 atom stereocenters. The Hall–Kier alpha value is -1.71. The van der Waals surface area contributed by atoms with Gasteiger partial charge in [-0.15, -0.1) is 11.3 Å². The quantitative estimate of drug-likeness (QED) is 0.779. The van der Waals surface area contributed by atoms with E-state index in [1.54, 1.807) is 0 Å². The van der Waals surface area contributed by atoms with Gasteiger partial charge in [-0.05, 0) is 55.1 Å². The molecule has 3 aromatic rings. The molecule has 1 N–H and O–H groups in total. The second-order valence-electron chi connectivity index (χ2n) is 5.00. The van der Waals surface area contributed by atoms with Crippen molar-refractivity contribution in [2.45, 2.75) is 19.4 Å². The minimum atomic E-state index is 0.362. The first-order chi connectivity index (χ1) is 9.79. The molecule has 0 fully saturated rings. The molecule has 0 saturated carbocycles. The molecule has 3 heteroatoms. The van der Waals surface area contributed by atoms with Crippen LogP contribution in [-0.4, -0.2) is 12.0 Å². The van der Waals surface area contributed by atoms with Gasteiger partial charge < -0.3 is 5.32 Å². The molecule has 2 heterocycles. The van der Waals surface area contributed by atoms with Crippen molar-refractivity contribution in [3.8, 4) is 0 Å². The Labute approximate surface area is 123 Å².